The number of carbonyl (C=O) groups is 3. The third-order valence-electron chi connectivity index (χ3n) is 8.74. The summed E-state index contributed by atoms with van der Waals surface area (Å²) in [7, 11) is 0. The third kappa shape index (κ3) is 6.80. The van der Waals surface area contributed by atoms with Crippen LogP contribution >= 0.6 is 0 Å². The number of hydrogen-bond acceptors (Lipinski definition) is 4. The summed E-state index contributed by atoms with van der Waals surface area (Å²) in [6, 6.07) is 16.9. The van der Waals surface area contributed by atoms with Crippen LogP contribution in [0.25, 0.3) is 0 Å². The number of rotatable bonds is 9. The van der Waals surface area contributed by atoms with Gasteiger partial charge in [0.1, 0.15) is 6.04 Å². The molecule has 2 aromatic carbocycles. The first-order valence-corrected chi connectivity index (χ1v) is 15.1. The van der Waals surface area contributed by atoms with Gasteiger partial charge in [0, 0.05) is 24.1 Å². The molecule has 5 rings (SSSR count). The van der Waals surface area contributed by atoms with Gasteiger partial charge in [-0.15, -0.1) is 0 Å². The molecule has 2 N–H and O–H groups in total. The summed E-state index contributed by atoms with van der Waals surface area (Å²) in [6.07, 6.45) is 10.9. The van der Waals surface area contributed by atoms with Crippen LogP contribution in [0.1, 0.15) is 88.7 Å². The first-order chi connectivity index (χ1) is 19.5. The first-order valence-electron chi connectivity index (χ1n) is 15.1. The molecule has 7 heteroatoms. The highest BCUT2D eigenvalue weighted by Crippen LogP contribution is 2.31. The zero-order chi connectivity index (χ0) is 27.9. The fraction of sp³-hybridized carbons (Fsp3) is 0.515. The highest BCUT2D eigenvalue weighted by atomic mass is 16.2. The maximum absolute atomic E-state index is 14.1. The van der Waals surface area contributed by atoms with Gasteiger partial charge in [-0.05, 0) is 44.1 Å². The van der Waals surface area contributed by atoms with Crippen molar-refractivity contribution in [2.75, 3.05) is 11.4 Å². The van der Waals surface area contributed by atoms with Gasteiger partial charge in [0.2, 0.25) is 18.0 Å². The Labute approximate surface area is 237 Å². The quantitative estimate of drug-likeness (QED) is 0.446. The molecule has 2 saturated carbocycles. The SMILES string of the molecule is C[C@H](NC(=O)CC1CCCC1)C(=O)NC1N=C(c2ccccc2)c2ccccc2N(CCC2CCCCC2)C1=O. The average Bonchev–Trinajstić information content (AvgIpc) is 3.45. The van der Waals surface area contributed by atoms with E-state index in [2.05, 4.69) is 10.6 Å². The van der Waals surface area contributed by atoms with Crippen molar-refractivity contribution in [1.29, 1.82) is 0 Å². The van der Waals surface area contributed by atoms with Crippen LogP contribution in [0, 0.1) is 11.8 Å². The van der Waals surface area contributed by atoms with Gasteiger partial charge >= 0.3 is 0 Å². The molecular formula is C33H42N4O3. The Morgan fingerprint density at radius 3 is 2.30 bits per heavy atom. The highest BCUT2D eigenvalue weighted by molar-refractivity contribution is 6.20. The Kier molecular flexibility index (Phi) is 9.30. The van der Waals surface area contributed by atoms with Crippen LogP contribution in [-0.2, 0) is 14.4 Å². The van der Waals surface area contributed by atoms with Crippen molar-refractivity contribution in [1.82, 2.24) is 10.6 Å². The van der Waals surface area contributed by atoms with E-state index in [9.17, 15) is 14.4 Å². The summed E-state index contributed by atoms with van der Waals surface area (Å²) in [6.45, 7) is 2.25. The third-order valence-corrected chi connectivity index (χ3v) is 8.74. The molecule has 1 unspecified atom stereocenters. The highest BCUT2D eigenvalue weighted by Gasteiger charge is 2.34. The summed E-state index contributed by atoms with van der Waals surface area (Å²) in [5, 5.41) is 5.72. The molecule has 0 radical (unpaired) electrons. The summed E-state index contributed by atoms with van der Waals surface area (Å²) in [4.78, 5) is 46.7. The zero-order valence-corrected chi connectivity index (χ0v) is 23.6. The lowest BCUT2D eigenvalue weighted by atomic mass is 9.87. The smallest absolute Gasteiger partial charge is 0.272 e. The number of hydrogen-bond donors (Lipinski definition) is 2. The lowest BCUT2D eigenvalue weighted by Gasteiger charge is -2.29. The van der Waals surface area contributed by atoms with E-state index in [1.165, 1.54) is 44.9 Å². The van der Waals surface area contributed by atoms with Crippen LogP contribution in [0.5, 0.6) is 0 Å². The Morgan fingerprint density at radius 2 is 1.55 bits per heavy atom. The summed E-state index contributed by atoms with van der Waals surface area (Å²) >= 11 is 0. The van der Waals surface area contributed by atoms with E-state index >= 15 is 0 Å². The summed E-state index contributed by atoms with van der Waals surface area (Å²) < 4.78 is 0. The lowest BCUT2D eigenvalue weighted by Crippen LogP contribution is -2.53. The summed E-state index contributed by atoms with van der Waals surface area (Å²) in [5.41, 5.74) is 3.25. The predicted molar refractivity (Wildman–Crippen MR) is 158 cm³/mol. The maximum atomic E-state index is 14.1. The average molecular weight is 543 g/mol. The van der Waals surface area contributed by atoms with Crippen molar-refractivity contribution in [2.45, 2.75) is 89.8 Å². The van der Waals surface area contributed by atoms with Gasteiger partial charge in [0.05, 0.1) is 11.4 Å². The largest absolute Gasteiger partial charge is 0.345 e. The predicted octanol–water partition coefficient (Wildman–Crippen LogP) is 5.37. The summed E-state index contributed by atoms with van der Waals surface area (Å²) in [5.74, 6) is 0.235. The molecule has 212 valence electrons. The topological polar surface area (TPSA) is 90.9 Å². The minimum Gasteiger partial charge on any atom is -0.345 e. The van der Waals surface area contributed by atoms with Crippen molar-refractivity contribution >= 4 is 29.1 Å². The van der Waals surface area contributed by atoms with Gasteiger partial charge in [0.15, 0.2) is 0 Å². The van der Waals surface area contributed by atoms with E-state index in [0.29, 0.717) is 30.5 Å². The van der Waals surface area contributed by atoms with Crippen molar-refractivity contribution < 1.29 is 14.4 Å². The maximum Gasteiger partial charge on any atom is 0.272 e. The second kappa shape index (κ2) is 13.2. The van der Waals surface area contributed by atoms with Gasteiger partial charge < -0.3 is 15.5 Å². The molecule has 1 heterocycles. The number of anilines is 1. The molecule has 2 aliphatic carbocycles. The molecule has 3 aliphatic rings. The molecule has 0 saturated heterocycles. The number of para-hydroxylation sites is 1. The monoisotopic (exact) mass is 542 g/mol. The van der Waals surface area contributed by atoms with Gasteiger partial charge in [0.25, 0.3) is 5.91 Å². The number of aliphatic imine (C=N–C) groups is 1. The normalized spacial score (nSPS) is 20.8. The minimum absolute atomic E-state index is 0.114. The number of benzodiazepines with no additional fused rings is 1. The van der Waals surface area contributed by atoms with Crippen LogP contribution in [-0.4, -0.2) is 42.2 Å². The Bertz CT molecular complexity index is 1220. The Hall–Kier alpha value is -3.48. The fourth-order valence-corrected chi connectivity index (χ4v) is 6.47. The number of fused-ring (bicyclic) bond motifs is 1. The van der Waals surface area contributed by atoms with Crippen LogP contribution in [0.4, 0.5) is 5.69 Å². The number of carbonyl (C=O) groups excluding carboxylic acids is 3. The second-order valence-electron chi connectivity index (χ2n) is 11.7. The second-order valence-corrected chi connectivity index (χ2v) is 11.7. The van der Waals surface area contributed by atoms with E-state index in [1.54, 1.807) is 6.92 Å². The van der Waals surface area contributed by atoms with Crippen molar-refractivity contribution in [3.05, 3.63) is 65.7 Å². The van der Waals surface area contributed by atoms with Crippen molar-refractivity contribution in [3.63, 3.8) is 0 Å². The molecule has 0 spiro atoms. The van der Waals surface area contributed by atoms with Gasteiger partial charge in [-0.1, -0.05) is 93.5 Å². The van der Waals surface area contributed by atoms with E-state index in [1.807, 2.05) is 59.5 Å². The van der Waals surface area contributed by atoms with Crippen molar-refractivity contribution in [3.8, 4) is 0 Å². The Morgan fingerprint density at radius 1 is 0.900 bits per heavy atom. The standard InChI is InChI=1S/C33H42N4O3/c1-23(34-29(38)22-25-14-8-9-15-25)32(39)36-31-33(40)37(21-20-24-12-4-2-5-13-24)28-19-11-10-18-27(28)30(35-31)26-16-6-3-7-17-26/h3,6-7,10-11,16-19,23-25,31H,2,4-5,8-9,12-15,20-22H2,1H3,(H,34,38)(H,36,39)/t23-,31?/m0/s1. The number of nitrogens with one attached hydrogen (secondary N) is 2. The van der Waals surface area contributed by atoms with E-state index < -0.39 is 18.1 Å². The molecule has 40 heavy (non-hydrogen) atoms. The zero-order valence-electron chi connectivity index (χ0n) is 23.6. The van der Waals surface area contributed by atoms with Crippen molar-refractivity contribution in [2.24, 2.45) is 16.8 Å². The molecule has 2 aromatic rings. The molecule has 2 fully saturated rings. The fourth-order valence-electron chi connectivity index (χ4n) is 6.47. The Balaban J connectivity index is 1.38. The molecular weight excluding hydrogens is 500 g/mol. The first kappa shape index (κ1) is 28.1. The number of benzene rings is 2. The lowest BCUT2D eigenvalue weighted by molar-refractivity contribution is -0.131. The van der Waals surface area contributed by atoms with Crippen LogP contribution < -0.4 is 15.5 Å². The van der Waals surface area contributed by atoms with Crippen LogP contribution in [0.2, 0.25) is 0 Å². The minimum atomic E-state index is -1.09. The molecule has 1 aliphatic heterocycles. The molecule has 0 bridgehead atoms. The molecule has 7 nitrogen and oxygen atoms in total. The van der Waals surface area contributed by atoms with Gasteiger partial charge in [-0.3, -0.25) is 14.4 Å². The van der Waals surface area contributed by atoms with Crippen LogP contribution in [0.15, 0.2) is 59.6 Å². The van der Waals surface area contributed by atoms with Gasteiger partial charge in [-0.2, -0.15) is 0 Å². The van der Waals surface area contributed by atoms with Crippen LogP contribution in [0.3, 0.4) is 0 Å². The van der Waals surface area contributed by atoms with E-state index in [0.717, 1.165) is 36.1 Å². The van der Waals surface area contributed by atoms with E-state index in [4.69, 9.17) is 4.99 Å². The molecule has 2 atom stereocenters. The molecule has 0 aromatic heterocycles. The van der Waals surface area contributed by atoms with E-state index in [-0.39, 0.29) is 11.8 Å². The molecule has 3 amide bonds. The number of amides is 3. The number of nitrogens with zero attached hydrogens (tertiary/aromatic N) is 2. The van der Waals surface area contributed by atoms with Gasteiger partial charge in [-0.25, -0.2) is 4.99 Å².